The standard InChI is InChI=1S/C6H13NO3S/c1-7-5-3-4-6(7)10-11(2,8)9/h6H,3-5H2,1-2H3/t6-/m1/s1. The normalized spacial score (nSPS) is 27.6. The molecule has 0 N–H and O–H groups in total. The number of likely N-dealkylation sites (tertiary alicyclic amines) is 1. The van der Waals surface area contributed by atoms with Gasteiger partial charge >= 0.3 is 0 Å². The van der Waals surface area contributed by atoms with Crippen LogP contribution in [0.5, 0.6) is 0 Å². The molecule has 0 saturated carbocycles. The lowest BCUT2D eigenvalue weighted by molar-refractivity contribution is 0.0890. The van der Waals surface area contributed by atoms with Crippen LogP contribution in [0, 0.1) is 0 Å². The number of hydrogen-bond donors (Lipinski definition) is 0. The van der Waals surface area contributed by atoms with Crippen LogP contribution >= 0.6 is 0 Å². The van der Waals surface area contributed by atoms with Crippen molar-refractivity contribution in [3.05, 3.63) is 0 Å². The Hall–Kier alpha value is -0.130. The molecule has 0 amide bonds. The van der Waals surface area contributed by atoms with Crippen LogP contribution in [0.2, 0.25) is 0 Å². The molecular formula is C6H13NO3S. The van der Waals surface area contributed by atoms with Crippen molar-refractivity contribution in [1.82, 2.24) is 4.90 Å². The fraction of sp³-hybridized carbons (Fsp3) is 1.00. The summed E-state index contributed by atoms with van der Waals surface area (Å²) in [5, 5.41) is 0. The Balaban J connectivity index is 2.50. The molecule has 1 atom stereocenters. The van der Waals surface area contributed by atoms with Crippen LogP contribution in [0.15, 0.2) is 0 Å². The highest BCUT2D eigenvalue weighted by atomic mass is 32.2. The number of rotatable bonds is 2. The quantitative estimate of drug-likeness (QED) is 0.560. The van der Waals surface area contributed by atoms with Gasteiger partial charge in [0.25, 0.3) is 10.1 Å². The van der Waals surface area contributed by atoms with Crippen molar-refractivity contribution in [2.75, 3.05) is 19.8 Å². The maximum absolute atomic E-state index is 10.7. The monoisotopic (exact) mass is 179 g/mol. The van der Waals surface area contributed by atoms with Gasteiger partial charge in [-0.25, -0.2) is 0 Å². The molecule has 4 nitrogen and oxygen atoms in total. The molecule has 66 valence electrons. The van der Waals surface area contributed by atoms with Crippen LogP contribution < -0.4 is 0 Å². The maximum atomic E-state index is 10.7. The van der Waals surface area contributed by atoms with Crippen LogP contribution in [0.4, 0.5) is 0 Å². The third-order valence-corrected chi connectivity index (χ3v) is 2.31. The Kier molecular flexibility index (Phi) is 2.51. The summed E-state index contributed by atoms with van der Waals surface area (Å²) >= 11 is 0. The molecule has 0 aliphatic carbocycles. The highest BCUT2D eigenvalue weighted by molar-refractivity contribution is 7.86. The summed E-state index contributed by atoms with van der Waals surface area (Å²) in [5.41, 5.74) is 0. The van der Waals surface area contributed by atoms with Crippen molar-refractivity contribution < 1.29 is 12.6 Å². The van der Waals surface area contributed by atoms with Crippen LogP contribution in [0.1, 0.15) is 12.8 Å². The van der Waals surface area contributed by atoms with E-state index in [-0.39, 0.29) is 6.23 Å². The minimum atomic E-state index is -3.28. The Morgan fingerprint density at radius 2 is 2.18 bits per heavy atom. The Labute approximate surface area is 67.3 Å². The first-order valence-corrected chi connectivity index (χ1v) is 5.39. The largest absolute Gasteiger partial charge is 0.280 e. The maximum Gasteiger partial charge on any atom is 0.265 e. The zero-order valence-electron chi connectivity index (χ0n) is 6.78. The lowest BCUT2D eigenvalue weighted by Gasteiger charge is -2.17. The van der Waals surface area contributed by atoms with E-state index in [4.69, 9.17) is 4.18 Å². The molecule has 0 spiro atoms. The van der Waals surface area contributed by atoms with E-state index in [0.29, 0.717) is 0 Å². The van der Waals surface area contributed by atoms with E-state index in [9.17, 15) is 8.42 Å². The summed E-state index contributed by atoms with van der Waals surface area (Å²) in [6.45, 7) is 0.917. The van der Waals surface area contributed by atoms with Crippen molar-refractivity contribution in [3.63, 3.8) is 0 Å². The average Bonchev–Trinajstić information content (AvgIpc) is 2.12. The zero-order chi connectivity index (χ0) is 8.48. The SMILES string of the molecule is CN1CCC[C@H]1OS(C)(=O)=O. The molecule has 0 bridgehead atoms. The van der Waals surface area contributed by atoms with Gasteiger partial charge in [-0.2, -0.15) is 8.42 Å². The summed E-state index contributed by atoms with van der Waals surface area (Å²) in [6, 6.07) is 0. The van der Waals surface area contributed by atoms with Gasteiger partial charge in [0.15, 0.2) is 0 Å². The van der Waals surface area contributed by atoms with Gasteiger partial charge in [-0.3, -0.25) is 9.08 Å². The summed E-state index contributed by atoms with van der Waals surface area (Å²) in [5.74, 6) is 0. The predicted octanol–water partition coefficient (Wildman–Crippen LogP) is 0.0143. The van der Waals surface area contributed by atoms with E-state index in [0.717, 1.165) is 25.6 Å². The average molecular weight is 179 g/mol. The van der Waals surface area contributed by atoms with E-state index >= 15 is 0 Å². The van der Waals surface area contributed by atoms with Gasteiger partial charge in [0.2, 0.25) is 0 Å². The molecule has 1 saturated heterocycles. The van der Waals surface area contributed by atoms with Gasteiger partial charge < -0.3 is 0 Å². The first-order valence-electron chi connectivity index (χ1n) is 3.57. The van der Waals surface area contributed by atoms with Gasteiger partial charge in [0.05, 0.1) is 6.26 Å². The molecule has 11 heavy (non-hydrogen) atoms. The molecule has 1 rings (SSSR count). The predicted molar refractivity (Wildman–Crippen MR) is 41.6 cm³/mol. The molecule has 0 unspecified atom stereocenters. The molecule has 0 aromatic carbocycles. The van der Waals surface area contributed by atoms with E-state index in [1.54, 1.807) is 0 Å². The van der Waals surface area contributed by atoms with Gasteiger partial charge in [-0.1, -0.05) is 0 Å². The fourth-order valence-electron chi connectivity index (χ4n) is 1.20. The van der Waals surface area contributed by atoms with Crippen LogP contribution in [0.3, 0.4) is 0 Å². The molecule has 1 heterocycles. The zero-order valence-corrected chi connectivity index (χ0v) is 7.60. The third kappa shape index (κ3) is 2.76. The molecule has 5 heteroatoms. The molecule has 1 aliphatic rings. The Morgan fingerprint density at radius 1 is 1.55 bits per heavy atom. The van der Waals surface area contributed by atoms with Crippen LogP contribution in [0.25, 0.3) is 0 Å². The first kappa shape index (κ1) is 8.96. The fourth-order valence-corrected chi connectivity index (χ4v) is 1.85. The highest BCUT2D eigenvalue weighted by Crippen LogP contribution is 2.16. The van der Waals surface area contributed by atoms with E-state index < -0.39 is 10.1 Å². The summed E-state index contributed by atoms with van der Waals surface area (Å²) < 4.78 is 26.2. The van der Waals surface area contributed by atoms with Gasteiger partial charge in [0.1, 0.15) is 6.23 Å². The second-order valence-electron chi connectivity index (χ2n) is 2.88. The minimum absolute atomic E-state index is 0.231. The highest BCUT2D eigenvalue weighted by Gasteiger charge is 2.24. The first-order chi connectivity index (χ1) is 4.99. The summed E-state index contributed by atoms with van der Waals surface area (Å²) in [6.07, 6.45) is 2.67. The topological polar surface area (TPSA) is 46.6 Å². The third-order valence-electron chi connectivity index (χ3n) is 1.74. The van der Waals surface area contributed by atoms with Crippen molar-refractivity contribution >= 4 is 10.1 Å². The molecule has 1 aliphatic heterocycles. The molecular weight excluding hydrogens is 166 g/mol. The lowest BCUT2D eigenvalue weighted by atomic mass is 10.4. The lowest BCUT2D eigenvalue weighted by Crippen LogP contribution is -2.29. The second kappa shape index (κ2) is 3.08. The van der Waals surface area contributed by atoms with Crippen molar-refractivity contribution in [2.45, 2.75) is 19.1 Å². The van der Waals surface area contributed by atoms with Gasteiger partial charge in [-0.15, -0.1) is 0 Å². The Bertz CT molecular complexity index is 224. The molecule has 0 aromatic rings. The van der Waals surface area contributed by atoms with Gasteiger partial charge in [0, 0.05) is 6.54 Å². The van der Waals surface area contributed by atoms with Crippen LogP contribution in [-0.2, 0) is 14.3 Å². The van der Waals surface area contributed by atoms with Crippen molar-refractivity contribution in [1.29, 1.82) is 0 Å². The summed E-state index contributed by atoms with van der Waals surface area (Å²) in [7, 11) is -1.42. The van der Waals surface area contributed by atoms with E-state index in [1.165, 1.54) is 0 Å². The molecule has 0 radical (unpaired) electrons. The van der Waals surface area contributed by atoms with E-state index in [2.05, 4.69) is 0 Å². The van der Waals surface area contributed by atoms with Crippen molar-refractivity contribution in [2.24, 2.45) is 0 Å². The van der Waals surface area contributed by atoms with Gasteiger partial charge in [-0.05, 0) is 19.9 Å². The minimum Gasteiger partial charge on any atom is -0.280 e. The molecule has 1 fully saturated rings. The Morgan fingerprint density at radius 3 is 2.55 bits per heavy atom. The second-order valence-corrected chi connectivity index (χ2v) is 4.48. The number of hydrogen-bond acceptors (Lipinski definition) is 4. The van der Waals surface area contributed by atoms with Crippen molar-refractivity contribution in [3.8, 4) is 0 Å². The molecule has 0 aromatic heterocycles. The smallest absolute Gasteiger partial charge is 0.265 e. The summed E-state index contributed by atoms with van der Waals surface area (Å²) in [4.78, 5) is 1.90. The number of nitrogens with zero attached hydrogens (tertiary/aromatic N) is 1. The van der Waals surface area contributed by atoms with E-state index in [1.807, 2.05) is 11.9 Å². The van der Waals surface area contributed by atoms with Crippen LogP contribution in [-0.4, -0.2) is 39.4 Å².